The Hall–Kier alpha value is -4.60. The molecule has 0 saturated heterocycles. The number of carbonyl (C=O) groups is 2. The van der Waals surface area contributed by atoms with Gasteiger partial charge in [-0.15, -0.1) is 0 Å². The molecule has 0 radical (unpaired) electrons. The van der Waals surface area contributed by atoms with Gasteiger partial charge < -0.3 is 10.1 Å². The zero-order valence-electron chi connectivity index (χ0n) is 17.8. The van der Waals surface area contributed by atoms with Crippen molar-refractivity contribution in [2.75, 3.05) is 11.9 Å². The number of rotatable bonds is 5. The van der Waals surface area contributed by atoms with E-state index in [0.717, 1.165) is 15.2 Å². The second-order valence-electron chi connectivity index (χ2n) is 7.18. The number of benzene rings is 1. The van der Waals surface area contributed by atoms with Crippen LogP contribution in [-0.2, 0) is 23.6 Å². The number of fused-ring (bicyclic) bond motifs is 1. The summed E-state index contributed by atoms with van der Waals surface area (Å²) in [4.78, 5) is 57.8. The monoisotopic (exact) mass is 445 g/mol. The summed E-state index contributed by atoms with van der Waals surface area (Å²) in [7, 11) is 2.74. The molecule has 1 aromatic carbocycles. The van der Waals surface area contributed by atoms with Gasteiger partial charge in [-0.2, -0.15) is 0 Å². The number of anilines is 1. The van der Waals surface area contributed by atoms with Gasteiger partial charge in [0.15, 0.2) is 6.61 Å². The number of hydrogen-bond donors (Lipinski definition) is 1. The lowest BCUT2D eigenvalue weighted by Crippen LogP contribution is -2.38. The molecule has 10 nitrogen and oxygen atoms in total. The summed E-state index contributed by atoms with van der Waals surface area (Å²) in [5, 5.41) is 2.98. The first-order valence-electron chi connectivity index (χ1n) is 9.90. The van der Waals surface area contributed by atoms with Gasteiger partial charge in [-0.3, -0.25) is 23.7 Å². The number of ether oxygens (including phenoxy) is 1. The first kappa shape index (κ1) is 21.6. The highest BCUT2D eigenvalue weighted by atomic mass is 16.5. The minimum atomic E-state index is -0.723. The van der Waals surface area contributed by atoms with Gasteiger partial charge in [0.25, 0.3) is 11.5 Å². The Morgan fingerprint density at radius 2 is 1.73 bits per heavy atom. The molecule has 3 heterocycles. The fraction of sp³-hybridized carbons (Fsp3) is 0.130. The van der Waals surface area contributed by atoms with Crippen LogP contribution < -0.4 is 16.6 Å². The Bertz CT molecular complexity index is 1490. The second-order valence-corrected chi connectivity index (χ2v) is 7.18. The molecule has 1 amide bonds. The highest BCUT2D eigenvalue weighted by molar-refractivity contribution is 6.05. The van der Waals surface area contributed by atoms with E-state index in [0.29, 0.717) is 22.3 Å². The predicted octanol–water partition coefficient (Wildman–Crippen LogP) is 1.49. The van der Waals surface area contributed by atoms with Crippen LogP contribution in [0, 0.1) is 0 Å². The maximum atomic E-state index is 12.9. The van der Waals surface area contributed by atoms with E-state index in [1.807, 2.05) is 6.07 Å². The van der Waals surface area contributed by atoms with E-state index >= 15 is 0 Å². The quantitative estimate of drug-likeness (QED) is 0.461. The maximum Gasteiger partial charge on any atom is 0.339 e. The SMILES string of the molecule is Cn1c(NC(=O)COC(=O)c2cc(-c3ccccn3)nc3ccccc23)cc(=O)n(C)c1=O. The molecule has 0 aliphatic carbocycles. The third-order valence-corrected chi connectivity index (χ3v) is 4.99. The third-order valence-electron chi connectivity index (χ3n) is 4.99. The summed E-state index contributed by atoms with van der Waals surface area (Å²) in [5.41, 5.74) is 0.709. The van der Waals surface area contributed by atoms with Gasteiger partial charge in [-0.05, 0) is 24.3 Å². The second kappa shape index (κ2) is 8.87. The summed E-state index contributed by atoms with van der Waals surface area (Å²) in [5.74, 6) is -1.43. The highest BCUT2D eigenvalue weighted by Crippen LogP contribution is 2.24. The molecule has 0 aliphatic heterocycles. The number of para-hydroxylation sites is 1. The molecular weight excluding hydrogens is 426 g/mol. The average Bonchev–Trinajstić information content (AvgIpc) is 2.84. The number of aromatic nitrogens is 4. The lowest BCUT2D eigenvalue weighted by molar-refractivity contribution is -0.119. The van der Waals surface area contributed by atoms with Gasteiger partial charge >= 0.3 is 11.7 Å². The predicted molar refractivity (Wildman–Crippen MR) is 121 cm³/mol. The lowest BCUT2D eigenvalue weighted by Gasteiger charge is -2.12. The van der Waals surface area contributed by atoms with Crippen LogP contribution in [-0.4, -0.2) is 37.6 Å². The molecule has 166 valence electrons. The van der Waals surface area contributed by atoms with E-state index in [1.165, 1.54) is 14.1 Å². The molecular formula is C23H19N5O5. The fourth-order valence-corrected chi connectivity index (χ4v) is 3.23. The normalized spacial score (nSPS) is 10.7. The van der Waals surface area contributed by atoms with Crippen molar-refractivity contribution in [1.82, 2.24) is 19.1 Å². The van der Waals surface area contributed by atoms with Gasteiger partial charge in [0.05, 0.1) is 22.5 Å². The molecule has 0 atom stereocenters. The third kappa shape index (κ3) is 4.40. The lowest BCUT2D eigenvalue weighted by atomic mass is 10.1. The molecule has 0 unspecified atom stereocenters. The van der Waals surface area contributed by atoms with Crippen molar-refractivity contribution in [3.05, 3.63) is 87.2 Å². The topological polar surface area (TPSA) is 125 Å². The first-order valence-corrected chi connectivity index (χ1v) is 9.90. The summed E-state index contributed by atoms with van der Waals surface area (Å²) in [6, 6.07) is 15.1. The van der Waals surface area contributed by atoms with E-state index in [1.54, 1.807) is 48.7 Å². The first-order chi connectivity index (χ1) is 15.8. The van der Waals surface area contributed by atoms with Crippen LogP contribution in [0.5, 0.6) is 0 Å². The van der Waals surface area contributed by atoms with E-state index < -0.39 is 29.7 Å². The number of hydrogen-bond acceptors (Lipinski definition) is 7. The molecule has 4 aromatic rings. The Morgan fingerprint density at radius 1 is 0.970 bits per heavy atom. The Morgan fingerprint density at radius 3 is 2.48 bits per heavy atom. The van der Waals surface area contributed by atoms with Crippen LogP contribution in [0.15, 0.2) is 70.4 Å². The van der Waals surface area contributed by atoms with Gasteiger partial charge in [0.1, 0.15) is 5.82 Å². The largest absolute Gasteiger partial charge is 0.452 e. The Labute approximate surface area is 187 Å². The van der Waals surface area contributed by atoms with Crippen LogP contribution >= 0.6 is 0 Å². The number of amides is 1. The van der Waals surface area contributed by atoms with E-state index in [2.05, 4.69) is 15.3 Å². The minimum absolute atomic E-state index is 0.00375. The van der Waals surface area contributed by atoms with Crippen molar-refractivity contribution in [1.29, 1.82) is 0 Å². The zero-order valence-corrected chi connectivity index (χ0v) is 17.8. The van der Waals surface area contributed by atoms with Gasteiger partial charge in [-0.25, -0.2) is 14.6 Å². The Kier molecular flexibility index (Phi) is 5.81. The molecule has 33 heavy (non-hydrogen) atoms. The summed E-state index contributed by atoms with van der Waals surface area (Å²) >= 11 is 0. The van der Waals surface area contributed by atoms with Crippen molar-refractivity contribution in [3.63, 3.8) is 0 Å². The van der Waals surface area contributed by atoms with Gasteiger partial charge in [-0.1, -0.05) is 24.3 Å². The molecule has 3 aromatic heterocycles. The number of nitrogens with one attached hydrogen (secondary N) is 1. The van der Waals surface area contributed by atoms with Crippen LogP contribution in [0.2, 0.25) is 0 Å². The van der Waals surface area contributed by atoms with E-state index in [9.17, 15) is 19.2 Å². The number of nitrogens with zero attached hydrogens (tertiary/aromatic N) is 4. The molecule has 0 spiro atoms. The van der Waals surface area contributed by atoms with Crippen LogP contribution in [0.3, 0.4) is 0 Å². The zero-order chi connectivity index (χ0) is 23.5. The number of carbonyl (C=O) groups excluding carboxylic acids is 2. The molecule has 0 bridgehead atoms. The van der Waals surface area contributed by atoms with E-state index in [4.69, 9.17) is 4.74 Å². The van der Waals surface area contributed by atoms with Crippen LogP contribution in [0.4, 0.5) is 5.82 Å². The smallest absolute Gasteiger partial charge is 0.339 e. The molecule has 0 aliphatic rings. The molecule has 10 heteroatoms. The summed E-state index contributed by atoms with van der Waals surface area (Å²) < 4.78 is 7.23. The van der Waals surface area contributed by atoms with Crippen molar-refractivity contribution in [2.24, 2.45) is 14.1 Å². The number of esters is 1. The van der Waals surface area contributed by atoms with Crippen molar-refractivity contribution >= 4 is 28.6 Å². The summed E-state index contributed by atoms with van der Waals surface area (Å²) in [6.45, 7) is -0.613. The van der Waals surface area contributed by atoms with Crippen LogP contribution in [0.25, 0.3) is 22.3 Å². The minimum Gasteiger partial charge on any atom is -0.452 e. The maximum absolute atomic E-state index is 12.9. The standard InChI is InChI=1S/C23H19N5O5/c1-27-19(12-21(30)28(2)23(27)32)26-20(29)13-33-22(31)15-11-18(17-9-5-6-10-24-17)25-16-8-4-3-7-14(15)16/h3-12H,13H2,1-2H3,(H,26,29). The van der Waals surface area contributed by atoms with Crippen molar-refractivity contribution < 1.29 is 14.3 Å². The van der Waals surface area contributed by atoms with Gasteiger partial charge in [0, 0.05) is 31.7 Å². The molecule has 4 rings (SSSR count). The Balaban J connectivity index is 1.57. The average molecular weight is 445 g/mol. The molecule has 0 saturated carbocycles. The van der Waals surface area contributed by atoms with Crippen LogP contribution in [0.1, 0.15) is 10.4 Å². The van der Waals surface area contributed by atoms with Crippen molar-refractivity contribution in [2.45, 2.75) is 0 Å². The molecule has 0 fully saturated rings. The summed E-state index contributed by atoms with van der Waals surface area (Å²) in [6.07, 6.45) is 1.62. The number of pyridine rings is 2. The van der Waals surface area contributed by atoms with Crippen molar-refractivity contribution in [3.8, 4) is 11.4 Å². The van der Waals surface area contributed by atoms with E-state index in [-0.39, 0.29) is 11.4 Å². The highest BCUT2D eigenvalue weighted by Gasteiger charge is 2.17. The fourth-order valence-electron chi connectivity index (χ4n) is 3.23. The van der Waals surface area contributed by atoms with Gasteiger partial charge in [0.2, 0.25) is 0 Å². The molecule has 1 N–H and O–H groups in total.